The lowest BCUT2D eigenvalue weighted by Crippen LogP contribution is -2.41. The van der Waals surface area contributed by atoms with Crippen molar-refractivity contribution >= 4 is 62.2 Å². The van der Waals surface area contributed by atoms with Crippen LogP contribution in [-0.4, -0.2) is 72.8 Å². The molecule has 4 aromatic rings. The molecule has 0 spiro atoms. The molecule has 0 saturated carbocycles. The summed E-state index contributed by atoms with van der Waals surface area (Å²) in [7, 11) is 0. The molecule has 10 nitrogen and oxygen atoms in total. The molecule has 4 amide bonds. The molecule has 43 heavy (non-hydrogen) atoms. The zero-order chi connectivity index (χ0) is 29.1. The number of benzene rings is 4. The monoisotopic (exact) mass is 646 g/mol. The average Bonchev–Trinajstić information content (AvgIpc) is 3.01. The molecule has 0 aromatic heterocycles. The largest absolute Gasteiger partial charge is 0.299 e. The van der Waals surface area contributed by atoms with Crippen molar-refractivity contribution in [3.8, 4) is 0 Å². The Labute approximate surface area is 258 Å². The van der Waals surface area contributed by atoms with Gasteiger partial charge in [-0.15, -0.1) is 17.0 Å². The van der Waals surface area contributed by atoms with Crippen molar-refractivity contribution in [2.45, 2.75) is 12.8 Å². The van der Waals surface area contributed by atoms with Gasteiger partial charge in [0.2, 0.25) is 0 Å². The number of hydroxylamine groups is 2. The number of hydrogen-bond donors (Lipinski definition) is 2. The molecule has 2 aliphatic heterocycles. The van der Waals surface area contributed by atoms with E-state index in [1.54, 1.807) is 24.3 Å². The van der Waals surface area contributed by atoms with Crippen molar-refractivity contribution in [1.29, 1.82) is 0 Å². The van der Waals surface area contributed by atoms with E-state index in [2.05, 4.69) is 11.0 Å². The summed E-state index contributed by atoms with van der Waals surface area (Å²) in [4.78, 5) is 65.0. The number of carbonyl (C=O) groups is 4. The second kappa shape index (κ2) is 13.5. The summed E-state index contributed by atoms with van der Waals surface area (Å²) in [6, 6.07) is 22.0. The van der Waals surface area contributed by atoms with Crippen molar-refractivity contribution in [3.05, 3.63) is 95.1 Å². The van der Waals surface area contributed by atoms with Crippen molar-refractivity contribution in [1.82, 2.24) is 20.8 Å². The Morgan fingerprint density at radius 2 is 0.837 bits per heavy atom. The Balaban J connectivity index is 0.00000368. The molecule has 0 aliphatic carbocycles. The van der Waals surface area contributed by atoms with E-state index in [-0.39, 0.29) is 66.9 Å². The number of carbonyl (C=O) groups excluding carboxylic acids is 4. The van der Waals surface area contributed by atoms with Crippen LogP contribution in [0, 0.1) is 0 Å². The highest BCUT2D eigenvalue weighted by atomic mass is 79.9. The van der Waals surface area contributed by atoms with E-state index in [0.29, 0.717) is 48.2 Å². The van der Waals surface area contributed by atoms with Crippen molar-refractivity contribution in [3.63, 3.8) is 0 Å². The van der Waals surface area contributed by atoms with E-state index < -0.39 is 0 Å². The van der Waals surface area contributed by atoms with Crippen molar-refractivity contribution in [2.75, 3.05) is 39.4 Å². The predicted octanol–water partition coefficient (Wildman–Crippen LogP) is 4.29. The zero-order valence-electron chi connectivity index (χ0n) is 23.3. The molecule has 0 bridgehead atoms. The van der Waals surface area contributed by atoms with Gasteiger partial charge in [0, 0.05) is 59.2 Å². The minimum Gasteiger partial charge on any atom is -0.299 e. The summed E-state index contributed by atoms with van der Waals surface area (Å²) in [5.41, 5.74) is 7.85. The topological polar surface area (TPSA) is 117 Å². The summed E-state index contributed by atoms with van der Waals surface area (Å²) >= 11 is 0. The second-order valence-corrected chi connectivity index (χ2v) is 10.1. The lowest BCUT2D eigenvalue weighted by molar-refractivity contribution is -0.0365. The van der Waals surface area contributed by atoms with Gasteiger partial charge in [0.1, 0.15) is 0 Å². The van der Waals surface area contributed by atoms with Gasteiger partial charge in [0.25, 0.3) is 23.6 Å². The van der Waals surface area contributed by atoms with Gasteiger partial charge < -0.3 is 0 Å². The first kappa shape index (κ1) is 30.5. The minimum atomic E-state index is -0.277. The SMILES string of the molecule is Br.O=C1c2cccc3cccc(c23)C(=O)N1CCCNOCCONCCCN1C(=O)c2cccc3cccc(c23)C1=O. The average molecular weight is 648 g/mol. The quantitative estimate of drug-likeness (QED) is 0.126. The van der Waals surface area contributed by atoms with Gasteiger partial charge in [-0.2, -0.15) is 0 Å². The van der Waals surface area contributed by atoms with Crippen LogP contribution >= 0.6 is 17.0 Å². The Morgan fingerprint density at radius 1 is 0.512 bits per heavy atom. The van der Waals surface area contributed by atoms with E-state index in [9.17, 15) is 19.2 Å². The van der Waals surface area contributed by atoms with Crippen LogP contribution in [0.1, 0.15) is 54.3 Å². The van der Waals surface area contributed by atoms with E-state index >= 15 is 0 Å². The first-order valence-electron chi connectivity index (χ1n) is 14.0. The molecular weight excluding hydrogens is 616 g/mol. The number of hydrogen-bond acceptors (Lipinski definition) is 8. The van der Waals surface area contributed by atoms with Gasteiger partial charge in [-0.25, -0.2) is 11.0 Å². The summed E-state index contributed by atoms with van der Waals surface area (Å²) in [5.74, 6) is -1.11. The molecule has 0 saturated heterocycles. The molecule has 6 rings (SSSR count). The zero-order valence-corrected chi connectivity index (χ0v) is 25.1. The molecule has 4 aromatic carbocycles. The van der Waals surface area contributed by atoms with Crippen LogP contribution in [0.2, 0.25) is 0 Å². The highest BCUT2D eigenvalue weighted by molar-refractivity contribution is 8.93. The van der Waals surface area contributed by atoms with Crippen molar-refractivity contribution in [2.24, 2.45) is 0 Å². The van der Waals surface area contributed by atoms with Crippen LogP contribution in [-0.2, 0) is 9.68 Å². The molecular formula is C32H31BrN4O6. The molecule has 0 atom stereocenters. The summed E-state index contributed by atoms with van der Waals surface area (Å²) < 4.78 is 0. The van der Waals surface area contributed by atoms with E-state index in [1.165, 1.54) is 9.80 Å². The van der Waals surface area contributed by atoms with Crippen LogP contribution < -0.4 is 11.0 Å². The smallest absolute Gasteiger partial charge is 0.261 e. The molecule has 0 fully saturated rings. The fourth-order valence-electron chi connectivity index (χ4n) is 5.56. The first-order valence-corrected chi connectivity index (χ1v) is 14.0. The molecule has 11 heteroatoms. The lowest BCUT2D eigenvalue weighted by atomic mass is 9.94. The van der Waals surface area contributed by atoms with Gasteiger partial charge in [-0.05, 0) is 47.9 Å². The predicted molar refractivity (Wildman–Crippen MR) is 166 cm³/mol. The number of nitrogens with zero attached hydrogens (tertiary/aromatic N) is 2. The molecule has 222 valence electrons. The molecule has 2 N–H and O–H groups in total. The van der Waals surface area contributed by atoms with Gasteiger partial charge in [0.05, 0.1) is 13.2 Å². The second-order valence-electron chi connectivity index (χ2n) is 10.1. The maximum atomic E-state index is 12.9. The standard InChI is InChI=1S/C32H30N4O6.BrH/c37-29-23-11-1-7-21-8-2-12-24(27(21)23)30(38)35(29)17-5-15-33-41-19-20-42-34-16-6-18-36-31(39)25-13-3-9-22-10-4-14-26(28(22)25)32(36)40;/h1-4,7-14,33-34H,5-6,15-20H2;1H. The van der Waals surface area contributed by atoms with E-state index in [0.717, 1.165) is 21.5 Å². The highest BCUT2D eigenvalue weighted by Gasteiger charge is 2.33. The highest BCUT2D eigenvalue weighted by Crippen LogP contribution is 2.31. The van der Waals surface area contributed by atoms with Crippen LogP contribution in [0.5, 0.6) is 0 Å². The maximum absolute atomic E-state index is 12.9. The van der Waals surface area contributed by atoms with Gasteiger partial charge in [0.15, 0.2) is 0 Å². The van der Waals surface area contributed by atoms with Gasteiger partial charge in [-0.3, -0.25) is 38.7 Å². The minimum absolute atomic E-state index is 0. The maximum Gasteiger partial charge on any atom is 0.261 e. The lowest BCUT2D eigenvalue weighted by Gasteiger charge is -2.27. The third-order valence-electron chi connectivity index (χ3n) is 7.52. The van der Waals surface area contributed by atoms with Crippen molar-refractivity contribution < 1.29 is 28.9 Å². The molecule has 2 aliphatic rings. The first-order chi connectivity index (χ1) is 20.6. The van der Waals surface area contributed by atoms with Crippen LogP contribution in [0.25, 0.3) is 21.5 Å². The number of rotatable bonds is 13. The fourth-order valence-corrected chi connectivity index (χ4v) is 5.56. The molecule has 0 unspecified atom stereocenters. The Hall–Kier alpha value is -4.00. The Kier molecular flexibility index (Phi) is 9.59. The molecule has 0 radical (unpaired) electrons. The summed E-state index contributed by atoms with van der Waals surface area (Å²) in [6.45, 7) is 2.00. The van der Waals surface area contributed by atoms with Crippen LogP contribution in [0.3, 0.4) is 0 Å². The van der Waals surface area contributed by atoms with Gasteiger partial charge in [-0.1, -0.05) is 48.5 Å². The number of amides is 4. The number of halogens is 1. The van der Waals surface area contributed by atoms with Crippen LogP contribution in [0.15, 0.2) is 72.8 Å². The summed E-state index contributed by atoms with van der Waals surface area (Å²) in [5, 5.41) is 3.21. The third kappa shape index (κ3) is 5.95. The molecule has 2 heterocycles. The number of imide groups is 2. The van der Waals surface area contributed by atoms with Crippen LogP contribution in [0.4, 0.5) is 0 Å². The van der Waals surface area contributed by atoms with E-state index in [1.807, 2.05) is 48.5 Å². The van der Waals surface area contributed by atoms with Gasteiger partial charge >= 0.3 is 0 Å². The summed E-state index contributed by atoms with van der Waals surface area (Å²) in [6.07, 6.45) is 1.06. The van der Waals surface area contributed by atoms with E-state index in [4.69, 9.17) is 9.68 Å². The normalized spacial score (nSPS) is 14.1. The third-order valence-corrected chi connectivity index (χ3v) is 7.52. The number of nitrogens with one attached hydrogen (secondary N) is 2. The fraction of sp³-hybridized carbons (Fsp3) is 0.250. The Bertz CT molecular complexity index is 1480. The Morgan fingerprint density at radius 3 is 1.16 bits per heavy atom.